The molecule has 5 heteroatoms. The standard InChI is InChI=1S/C9H8N2S2.K/c10-7-11-9(12)13-6-8-4-2-1-3-5-8;/h1-5H,6H2,(H,11,12);/q;+1/p-1. The normalized spacial score (nSPS) is 10.1. The van der Waals surface area contributed by atoms with Gasteiger partial charge in [-0.25, -0.2) is 0 Å². The fraction of sp³-hybridized carbons (Fsp3) is 0.111. The molecule has 1 aromatic carbocycles. The van der Waals surface area contributed by atoms with Gasteiger partial charge in [-0.1, -0.05) is 30.3 Å². The maximum atomic E-state index is 8.22. The summed E-state index contributed by atoms with van der Waals surface area (Å²) in [4.78, 5) is 3.44. The molecular formula is C9H7KN2S2. The molecule has 2 nitrogen and oxygen atoms in total. The molecule has 0 fully saturated rings. The summed E-state index contributed by atoms with van der Waals surface area (Å²) in [5, 5.41) is 8.22. The quantitative estimate of drug-likeness (QED) is 0.228. The van der Waals surface area contributed by atoms with Gasteiger partial charge in [-0.3, -0.25) is 0 Å². The van der Waals surface area contributed by atoms with Crippen molar-refractivity contribution >= 4 is 28.8 Å². The van der Waals surface area contributed by atoms with Crippen molar-refractivity contribution in [1.82, 2.24) is 0 Å². The zero-order valence-electron chi connectivity index (χ0n) is 7.80. The van der Waals surface area contributed by atoms with Gasteiger partial charge in [0.15, 0.2) is 0 Å². The van der Waals surface area contributed by atoms with Crippen LogP contribution in [0.3, 0.4) is 0 Å². The zero-order valence-corrected chi connectivity index (χ0v) is 12.6. The fourth-order valence-electron chi connectivity index (χ4n) is 0.792. The summed E-state index contributed by atoms with van der Waals surface area (Å²) in [6.07, 6.45) is 1.67. The molecule has 0 bridgehead atoms. The number of nitrogens with zero attached hydrogens (tertiary/aromatic N) is 2. The third-order valence-electron chi connectivity index (χ3n) is 1.35. The minimum absolute atomic E-state index is 0. The molecule has 66 valence electrons. The molecule has 0 aliphatic heterocycles. The van der Waals surface area contributed by atoms with Crippen LogP contribution in [0.15, 0.2) is 35.3 Å². The van der Waals surface area contributed by atoms with E-state index in [1.54, 1.807) is 6.19 Å². The van der Waals surface area contributed by atoms with Crippen molar-refractivity contribution in [2.24, 2.45) is 4.99 Å². The number of benzene rings is 1. The minimum Gasteiger partial charge on any atom is -0.752 e. The predicted octanol–water partition coefficient (Wildman–Crippen LogP) is -0.692. The van der Waals surface area contributed by atoms with Crippen molar-refractivity contribution < 1.29 is 51.4 Å². The van der Waals surface area contributed by atoms with Gasteiger partial charge in [0.2, 0.25) is 6.19 Å². The van der Waals surface area contributed by atoms with Gasteiger partial charge in [0, 0.05) is 5.75 Å². The van der Waals surface area contributed by atoms with E-state index >= 15 is 0 Å². The molecule has 0 saturated heterocycles. The Morgan fingerprint density at radius 3 is 2.64 bits per heavy atom. The van der Waals surface area contributed by atoms with E-state index < -0.39 is 0 Å². The van der Waals surface area contributed by atoms with Crippen molar-refractivity contribution in [3.05, 3.63) is 35.9 Å². The Balaban J connectivity index is 0.00000169. The molecule has 0 spiro atoms. The van der Waals surface area contributed by atoms with Crippen LogP contribution >= 0.6 is 11.8 Å². The predicted molar refractivity (Wildman–Crippen MR) is 58.2 cm³/mol. The zero-order chi connectivity index (χ0) is 9.52. The summed E-state index contributed by atoms with van der Waals surface area (Å²) in [6.45, 7) is 0. The molecule has 0 N–H and O–H groups in total. The largest absolute Gasteiger partial charge is 1.00 e. The number of thioether (sulfide) groups is 1. The summed E-state index contributed by atoms with van der Waals surface area (Å²) in [5.41, 5.74) is 1.18. The maximum Gasteiger partial charge on any atom is 1.00 e. The Morgan fingerprint density at radius 2 is 2.07 bits per heavy atom. The summed E-state index contributed by atoms with van der Waals surface area (Å²) >= 11 is 6.22. The van der Waals surface area contributed by atoms with E-state index in [-0.39, 0.29) is 51.4 Å². The Labute approximate surface area is 136 Å². The van der Waals surface area contributed by atoms with Crippen LogP contribution in [0.1, 0.15) is 5.56 Å². The van der Waals surface area contributed by atoms with Gasteiger partial charge < -0.3 is 12.6 Å². The van der Waals surface area contributed by atoms with Gasteiger partial charge in [-0.05, 0) is 9.94 Å². The summed E-state index contributed by atoms with van der Waals surface area (Å²) < 4.78 is 0.395. The first-order chi connectivity index (χ1) is 6.33. The molecule has 0 atom stereocenters. The molecule has 0 heterocycles. The molecule has 0 radical (unpaired) electrons. The third kappa shape index (κ3) is 6.14. The topological polar surface area (TPSA) is 36.1 Å². The molecular weight excluding hydrogens is 239 g/mol. The van der Waals surface area contributed by atoms with Gasteiger partial charge in [-0.2, -0.15) is 10.3 Å². The molecule has 14 heavy (non-hydrogen) atoms. The Morgan fingerprint density at radius 1 is 1.43 bits per heavy atom. The van der Waals surface area contributed by atoms with Crippen LogP contribution in [0.25, 0.3) is 0 Å². The van der Waals surface area contributed by atoms with E-state index in [0.717, 1.165) is 5.75 Å². The SMILES string of the molecule is N#CN=C([S-])SCc1ccccc1.[K+]. The van der Waals surface area contributed by atoms with Crippen LogP contribution in [0.4, 0.5) is 0 Å². The second kappa shape index (κ2) is 8.86. The second-order valence-corrected chi connectivity index (χ2v) is 3.86. The average molecular weight is 246 g/mol. The summed E-state index contributed by atoms with van der Waals surface area (Å²) in [7, 11) is 0. The van der Waals surface area contributed by atoms with E-state index in [9.17, 15) is 0 Å². The Hall–Kier alpha value is 0.586. The molecule has 0 unspecified atom stereocenters. The van der Waals surface area contributed by atoms with E-state index in [4.69, 9.17) is 17.9 Å². The number of aliphatic imine (C=N–C) groups is 1. The van der Waals surface area contributed by atoms with Crippen molar-refractivity contribution in [2.75, 3.05) is 0 Å². The van der Waals surface area contributed by atoms with Crippen LogP contribution in [0, 0.1) is 11.5 Å². The number of rotatable bonds is 2. The first-order valence-corrected chi connectivity index (χ1v) is 5.03. The monoisotopic (exact) mass is 246 g/mol. The first kappa shape index (κ1) is 14.6. The smallest absolute Gasteiger partial charge is 0.752 e. The third-order valence-corrected chi connectivity index (χ3v) is 2.61. The van der Waals surface area contributed by atoms with Crippen molar-refractivity contribution in [1.29, 1.82) is 5.26 Å². The average Bonchev–Trinajstić information content (AvgIpc) is 2.17. The van der Waals surface area contributed by atoms with E-state index in [0.29, 0.717) is 4.38 Å². The van der Waals surface area contributed by atoms with E-state index in [1.807, 2.05) is 30.3 Å². The summed E-state index contributed by atoms with van der Waals surface area (Å²) in [6, 6.07) is 9.94. The molecule has 0 aliphatic carbocycles. The van der Waals surface area contributed by atoms with Gasteiger partial charge in [0.25, 0.3) is 0 Å². The summed E-state index contributed by atoms with van der Waals surface area (Å²) in [5.74, 6) is 0.769. The maximum absolute atomic E-state index is 8.22. The molecule has 0 saturated carbocycles. The fourth-order valence-corrected chi connectivity index (χ4v) is 1.60. The number of hydrogen-bond donors (Lipinski definition) is 0. The van der Waals surface area contributed by atoms with Crippen molar-refractivity contribution in [3.8, 4) is 6.19 Å². The minimum atomic E-state index is 0. The van der Waals surface area contributed by atoms with Crippen LogP contribution in [0.5, 0.6) is 0 Å². The second-order valence-electron chi connectivity index (χ2n) is 2.25. The van der Waals surface area contributed by atoms with Crippen LogP contribution in [-0.2, 0) is 18.4 Å². The molecule has 1 aromatic rings. The van der Waals surface area contributed by atoms with Gasteiger partial charge in [0.05, 0.1) is 0 Å². The van der Waals surface area contributed by atoms with Crippen LogP contribution in [0.2, 0.25) is 0 Å². The van der Waals surface area contributed by atoms with Gasteiger partial charge in [0.1, 0.15) is 0 Å². The van der Waals surface area contributed by atoms with Crippen LogP contribution in [-0.4, -0.2) is 4.38 Å². The molecule has 0 aromatic heterocycles. The van der Waals surface area contributed by atoms with E-state index in [2.05, 4.69) is 4.99 Å². The molecule has 0 amide bonds. The number of nitriles is 1. The molecule has 0 aliphatic rings. The molecule has 1 rings (SSSR count). The van der Waals surface area contributed by atoms with Gasteiger partial charge >= 0.3 is 51.4 Å². The van der Waals surface area contributed by atoms with Crippen LogP contribution < -0.4 is 51.4 Å². The van der Waals surface area contributed by atoms with E-state index in [1.165, 1.54) is 17.3 Å². The van der Waals surface area contributed by atoms with Crippen molar-refractivity contribution in [3.63, 3.8) is 0 Å². The van der Waals surface area contributed by atoms with Crippen molar-refractivity contribution in [2.45, 2.75) is 5.75 Å². The Bertz CT molecular complexity index is 332. The Kier molecular flexibility index (Phi) is 9.23. The number of hydrogen-bond acceptors (Lipinski definition) is 4. The first-order valence-electron chi connectivity index (χ1n) is 3.63. The van der Waals surface area contributed by atoms with Gasteiger partial charge in [-0.15, -0.1) is 11.8 Å².